The number of hydrogen-bond acceptors (Lipinski definition) is 3. The molecule has 1 aliphatic heterocycles. The van der Waals surface area contributed by atoms with Gasteiger partial charge in [0.15, 0.2) is 0 Å². The largest absolute Gasteiger partial charge is 0.296 e. The second-order valence-electron chi connectivity index (χ2n) is 6.97. The first-order valence-electron chi connectivity index (χ1n) is 9.09. The zero-order valence-corrected chi connectivity index (χ0v) is 15.6. The minimum Gasteiger partial charge on any atom is -0.296 e. The summed E-state index contributed by atoms with van der Waals surface area (Å²) in [5.74, 6) is 0. The minimum atomic E-state index is 0.00654. The molecule has 2 aromatic carbocycles. The van der Waals surface area contributed by atoms with Gasteiger partial charge in [-0.2, -0.15) is 0 Å². The van der Waals surface area contributed by atoms with Crippen molar-refractivity contribution in [2.24, 2.45) is 0 Å². The van der Waals surface area contributed by atoms with Gasteiger partial charge >= 0.3 is 0 Å². The van der Waals surface area contributed by atoms with E-state index in [2.05, 4.69) is 41.1 Å². The number of likely N-dealkylation sites (tertiary alicyclic amines) is 1. The van der Waals surface area contributed by atoms with Gasteiger partial charge in [-0.1, -0.05) is 41.9 Å². The lowest BCUT2D eigenvalue weighted by Crippen LogP contribution is -2.38. The molecule has 0 saturated carbocycles. The highest BCUT2D eigenvalue weighted by molar-refractivity contribution is 6.31. The molecule has 0 N–H and O–H groups in total. The number of hydrogen-bond donors (Lipinski definition) is 0. The summed E-state index contributed by atoms with van der Waals surface area (Å²) in [7, 11) is 0. The number of aromatic nitrogens is 2. The fourth-order valence-corrected chi connectivity index (χ4v) is 4.03. The topological polar surface area (TPSA) is 38.1 Å². The van der Waals surface area contributed by atoms with Crippen LogP contribution in [0.2, 0.25) is 5.02 Å². The summed E-state index contributed by atoms with van der Waals surface area (Å²) < 4.78 is 1.79. The average Bonchev–Trinajstić information content (AvgIpc) is 2.69. The Morgan fingerprint density at radius 2 is 1.85 bits per heavy atom. The zero-order valence-electron chi connectivity index (χ0n) is 14.8. The van der Waals surface area contributed by atoms with Crippen molar-refractivity contribution in [2.45, 2.75) is 31.8 Å². The molecule has 2 heterocycles. The fourth-order valence-electron chi connectivity index (χ4n) is 3.86. The van der Waals surface area contributed by atoms with Crippen molar-refractivity contribution < 1.29 is 0 Å². The van der Waals surface area contributed by atoms with Crippen molar-refractivity contribution in [3.8, 4) is 0 Å². The number of rotatable bonds is 3. The van der Waals surface area contributed by atoms with Gasteiger partial charge in [0.1, 0.15) is 0 Å². The highest BCUT2D eigenvalue weighted by Gasteiger charge is 2.25. The zero-order chi connectivity index (χ0) is 18.1. The maximum Gasteiger partial charge on any atom is 0.261 e. The summed E-state index contributed by atoms with van der Waals surface area (Å²) in [6.07, 6.45) is 3.59. The molecule has 1 fully saturated rings. The molecule has 1 saturated heterocycles. The molecule has 0 aliphatic carbocycles. The van der Waals surface area contributed by atoms with E-state index in [4.69, 9.17) is 11.6 Å². The summed E-state index contributed by atoms with van der Waals surface area (Å²) in [4.78, 5) is 19.8. The van der Waals surface area contributed by atoms with Crippen LogP contribution in [-0.4, -0.2) is 27.5 Å². The molecule has 0 bridgehead atoms. The van der Waals surface area contributed by atoms with Gasteiger partial charge in [0, 0.05) is 30.2 Å². The van der Waals surface area contributed by atoms with Gasteiger partial charge < -0.3 is 0 Å². The van der Waals surface area contributed by atoms with Gasteiger partial charge in [0.25, 0.3) is 5.56 Å². The molecular weight excluding hydrogens is 346 g/mol. The molecule has 3 aromatic rings. The number of piperidine rings is 1. The van der Waals surface area contributed by atoms with Crippen LogP contribution in [0.25, 0.3) is 10.9 Å². The lowest BCUT2D eigenvalue weighted by Gasteiger charge is -2.36. The third-order valence-electron chi connectivity index (χ3n) is 5.47. The Kier molecular flexibility index (Phi) is 4.79. The predicted molar refractivity (Wildman–Crippen MR) is 106 cm³/mol. The Hall–Kier alpha value is -2.17. The Morgan fingerprint density at radius 1 is 1.12 bits per heavy atom. The van der Waals surface area contributed by atoms with Crippen molar-refractivity contribution in [1.82, 2.24) is 14.5 Å². The van der Waals surface area contributed by atoms with Gasteiger partial charge in [-0.15, -0.1) is 0 Å². The van der Waals surface area contributed by atoms with Crippen LogP contribution in [0.5, 0.6) is 0 Å². The second kappa shape index (κ2) is 7.22. The van der Waals surface area contributed by atoms with E-state index in [0.29, 0.717) is 22.0 Å². The predicted octanol–water partition coefficient (Wildman–Crippen LogP) is 4.45. The van der Waals surface area contributed by atoms with Crippen LogP contribution in [0.4, 0.5) is 0 Å². The Balaban J connectivity index is 1.52. The number of benzene rings is 2. The Labute approximate surface area is 158 Å². The molecule has 4 nitrogen and oxygen atoms in total. The second-order valence-corrected chi connectivity index (χ2v) is 7.41. The van der Waals surface area contributed by atoms with Crippen molar-refractivity contribution in [1.29, 1.82) is 0 Å². The maximum atomic E-state index is 12.9. The van der Waals surface area contributed by atoms with E-state index in [1.807, 2.05) is 6.07 Å². The van der Waals surface area contributed by atoms with Crippen LogP contribution in [0.3, 0.4) is 0 Å². The molecule has 1 aromatic heterocycles. The average molecular weight is 368 g/mol. The van der Waals surface area contributed by atoms with Crippen LogP contribution in [0.1, 0.15) is 37.4 Å². The maximum absolute atomic E-state index is 12.9. The third-order valence-corrected chi connectivity index (χ3v) is 5.70. The number of fused-ring (bicyclic) bond motifs is 1. The Morgan fingerprint density at radius 3 is 2.58 bits per heavy atom. The normalized spacial score (nSPS) is 17.5. The van der Waals surface area contributed by atoms with Crippen LogP contribution in [0.15, 0.2) is 59.7 Å². The molecule has 0 amide bonds. The standard InChI is InChI=1S/C21H22ClN3O/c1-15(16-5-3-2-4-6-16)24-11-9-18(10-12-24)25-14-23-20-8-7-17(22)13-19(20)21(25)26/h2-8,13-15,18H,9-12H2,1H3. The molecule has 26 heavy (non-hydrogen) atoms. The summed E-state index contributed by atoms with van der Waals surface area (Å²) in [5.41, 5.74) is 2.04. The van der Waals surface area contributed by atoms with Gasteiger partial charge in [-0.05, 0) is 43.5 Å². The molecule has 1 aliphatic rings. The van der Waals surface area contributed by atoms with Crippen LogP contribution >= 0.6 is 11.6 Å². The van der Waals surface area contributed by atoms with Crippen molar-refractivity contribution in [3.05, 3.63) is 75.8 Å². The lowest BCUT2D eigenvalue weighted by atomic mass is 10.00. The summed E-state index contributed by atoms with van der Waals surface area (Å²) in [5, 5.41) is 1.17. The van der Waals surface area contributed by atoms with Gasteiger partial charge in [-0.25, -0.2) is 4.98 Å². The first-order valence-corrected chi connectivity index (χ1v) is 9.46. The quantitative estimate of drug-likeness (QED) is 0.686. The highest BCUT2D eigenvalue weighted by Crippen LogP contribution is 2.28. The number of halogens is 1. The molecule has 1 unspecified atom stereocenters. The lowest BCUT2D eigenvalue weighted by molar-refractivity contribution is 0.142. The Bertz CT molecular complexity index is 962. The van der Waals surface area contributed by atoms with E-state index in [1.165, 1.54) is 5.56 Å². The molecule has 1 atom stereocenters. The van der Waals surface area contributed by atoms with Crippen molar-refractivity contribution in [2.75, 3.05) is 13.1 Å². The van der Waals surface area contributed by atoms with E-state index in [-0.39, 0.29) is 11.6 Å². The monoisotopic (exact) mass is 367 g/mol. The SMILES string of the molecule is CC(c1ccccc1)N1CCC(n2cnc3ccc(Cl)cc3c2=O)CC1. The molecule has 134 valence electrons. The van der Waals surface area contributed by atoms with Crippen molar-refractivity contribution in [3.63, 3.8) is 0 Å². The smallest absolute Gasteiger partial charge is 0.261 e. The van der Waals surface area contributed by atoms with E-state index >= 15 is 0 Å². The summed E-state index contributed by atoms with van der Waals surface area (Å²) >= 11 is 6.06. The molecule has 4 rings (SSSR count). The van der Waals surface area contributed by atoms with Gasteiger partial charge in [0.05, 0.1) is 17.2 Å². The highest BCUT2D eigenvalue weighted by atomic mass is 35.5. The first kappa shape index (κ1) is 17.3. The van der Waals surface area contributed by atoms with Gasteiger partial charge in [-0.3, -0.25) is 14.3 Å². The number of nitrogens with zero attached hydrogens (tertiary/aromatic N) is 3. The summed E-state index contributed by atoms with van der Waals surface area (Å²) in [6, 6.07) is 16.4. The van der Waals surface area contributed by atoms with E-state index in [0.717, 1.165) is 25.9 Å². The molecule has 5 heteroatoms. The first-order chi connectivity index (χ1) is 12.6. The molecule has 0 radical (unpaired) electrons. The molecule has 0 spiro atoms. The van der Waals surface area contributed by atoms with Crippen molar-refractivity contribution >= 4 is 22.5 Å². The van der Waals surface area contributed by atoms with Crippen LogP contribution in [-0.2, 0) is 0 Å². The van der Waals surface area contributed by atoms with Crippen LogP contribution < -0.4 is 5.56 Å². The fraction of sp³-hybridized carbons (Fsp3) is 0.333. The van der Waals surface area contributed by atoms with E-state index < -0.39 is 0 Å². The van der Waals surface area contributed by atoms with Gasteiger partial charge in [0.2, 0.25) is 0 Å². The van der Waals surface area contributed by atoms with E-state index in [9.17, 15) is 4.79 Å². The molecular formula is C21H22ClN3O. The van der Waals surface area contributed by atoms with E-state index in [1.54, 1.807) is 29.1 Å². The van der Waals surface area contributed by atoms with Crippen LogP contribution in [0, 0.1) is 0 Å². The minimum absolute atomic E-state index is 0.00654. The third kappa shape index (κ3) is 3.27. The summed E-state index contributed by atoms with van der Waals surface area (Å²) in [6.45, 7) is 4.20.